The Morgan fingerprint density at radius 2 is 2.00 bits per heavy atom. The number of hydrogen-bond donors (Lipinski definition) is 2. The summed E-state index contributed by atoms with van der Waals surface area (Å²) in [7, 11) is 0. The van der Waals surface area contributed by atoms with E-state index >= 15 is 0 Å². The van der Waals surface area contributed by atoms with Crippen LogP contribution in [0.1, 0.15) is 44.9 Å². The lowest BCUT2D eigenvalue weighted by Gasteiger charge is -2.17. The van der Waals surface area contributed by atoms with Crippen LogP contribution in [0.15, 0.2) is 0 Å². The summed E-state index contributed by atoms with van der Waals surface area (Å²) in [4.78, 5) is 11.3. The van der Waals surface area contributed by atoms with Crippen LogP contribution in [-0.2, 0) is 4.79 Å². The molecule has 15 heavy (non-hydrogen) atoms. The molecule has 2 fully saturated rings. The lowest BCUT2D eigenvalue weighted by Crippen LogP contribution is -2.23. The number of aliphatic hydroxyl groups excluding tert-OH is 1. The summed E-state index contributed by atoms with van der Waals surface area (Å²) >= 11 is 0. The Labute approximate surface area is 91.2 Å². The van der Waals surface area contributed by atoms with E-state index in [4.69, 9.17) is 0 Å². The smallest absolute Gasteiger partial charge is 0.223 e. The second kappa shape index (κ2) is 4.97. The van der Waals surface area contributed by atoms with Gasteiger partial charge in [-0.2, -0.15) is 0 Å². The first-order valence-corrected chi connectivity index (χ1v) is 6.21. The first-order chi connectivity index (χ1) is 7.25. The van der Waals surface area contributed by atoms with Gasteiger partial charge in [-0.25, -0.2) is 0 Å². The number of rotatable bonds is 4. The zero-order chi connectivity index (χ0) is 10.7. The standard InChI is InChI=1S/C12H21NO2/c14-11(7-9-3-1-2-4-9)8-10-5-6-13-12(10)15/h9-11,14H,1-8H2,(H,13,15). The SMILES string of the molecule is O=C1NCCC1CC(O)CC1CCCC1. The minimum Gasteiger partial charge on any atom is -0.393 e. The second-order valence-corrected chi connectivity index (χ2v) is 5.05. The van der Waals surface area contributed by atoms with Gasteiger partial charge in [-0.05, 0) is 25.2 Å². The second-order valence-electron chi connectivity index (χ2n) is 5.05. The highest BCUT2D eigenvalue weighted by Gasteiger charge is 2.28. The van der Waals surface area contributed by atoms with Crippen molar-refractivity contribution in [3.8, 4) is 0 Å². The number of aliphatic hydroxyl groups is 1. The van der Waals surface area contributed by atoms with E-state index in [2.05, 4.69) is 5.32 Å². The fourth-order valence-corrected chi connectivity index (χ4v) is 2.93. The van der Waals surface area contributed by atoms with Gasteiger partial charge >= 0.3 is 0 Å². The molecule has 1 aliphatic heterocycles. The summed E-state index contributed by atoms with van der Waals surface area (Å²) in [6.07, 6.45) is 7.40. The maximum absolute atomic E-state index is 11.3. The predicted octanol–water partition coefficient (Wildman–Crippen LogP) is 1.45. The average molecular weight is 211 g/mol. The minimum atomic E-state index is -0.262. The van der Waals surface area contributed by atoms with E-state index in [1.807, 2.05) is 0 Å². The fraction of sp³-hybridized carbons (Fsp3) is 0.917. The molecule has 0 bridgehead atoms. The van der Waals surface area contributed by atoms with Crippen molar-refractivity contribution in [2.45, 2.75) is 51.0 Å². The van der Waals surface area contributed by atoms with Crippen molar-refractivity contribution >= 4 is 5.91 Å². The van der Waals surface area contributed by atoms with E-state index in [0.29, 0.717) is 12.3 Å². The maximum atomic E-state index is 11.3. The topological polar surface area (TPSA) is 49.3 Å². The number of carbonyl (C=O) groups is 1. The Kier molecular flexibility index (Phi) is 3.62. The molecular formula is C12H21NO2. The van der Waals surface area contributed by atoms with Crippen LogP contribution in [0.3, 0.4) is 0 Å². The molecule has 1 saturated carbocycles. The maximum Gasteiger partial charge on any atom is 0.223 e. The predicted molar refractivity (Wildman–Crippen MR) is 58.3 cm³/mol. The molecule has 3 heteroatoms. The van der Waals surface area contributed by atoms with Gasteiger partial charge in [-0.15, -0.1) is 0 Å². The van der Waals surface area contributed by atoms with Gasteiger partial charge in [0.1, 0.15) is 0 Å². The molecule has 1 heterocycles. The van der Waals surface area contributed by atoms with Crippen LogP contribution in [0.4, 0.5) is 0 Å². The summed E-state index contributed by atoms with van der Waals surface area (Å²) in [5, 5.41) is 12.7. The normalized spacial score (nSPS) is 29.4. The summed E-state index contributed by atoms with van der Waals surface area (Å²) in [5.41, 5.74) is 0. The van der Waals surface area contributed by atoms with Crippen molar-refractivity contribution in [2.75, 3.05) is 6.54 Å². The van der Waals surface area contributed by atoms with Crippen molar-refractivity contribution < 1.29 is 9.90 Å². The van der Waals surface area contributed by atoms with E-state index in [0.717, 1.165) is 19.4 Å². The zero-order valence-corrected chi connectivity index (χ0v) is 9.24. The Bertz CT molecular complexity index is 224. The molecule has 1 aliphatic carbocycles. The van der Waals surface area contributed by atoms with Gasteiger partial charge in [-0.3, -0.25) is 4.79 Å². The van der Waals surface area contributed by atoms with E-state index in [1.54, 1.807) is 0 Å². The van der Waals surface area contributed by atoms with Gasteiger partial charge in [0.15, 0.2) is 0 Å². The Morgan fingerprint density at radius 3 is 2.60 bits per heavy atom. The Balaban J connectivity index is 1.71. The molecule has 0 aromatic carbocycles. The molecule has 1 saturated heterocycles. The van der Waals surface area contributed by atoms with Crippen molar-refractivity contribution in [3.05, 3.63) is 0 Å². The monoisotopic (exact) mass is 211 g/mol. The van der Waals surface area contributed by atoms with Crippen LogP contribution < -0.4 is 5.32 Å². The van der Waals surface area contributed by atoms with Crippen LogP contribution in [0.2, 0.25) is 0 Å². The van der Waals surface area contributed by atoms with Crippen molar-refractivity contribution in [1.29, 1.82) is 0 Å². The number of amides is 1. The number of carbonyl (C=O) groups excluding carboxylic acids is 1. The molecule has 2 unspecified atom stereocenters. The Hall–Kier alpha value is -0.570. The first kappa shape index (κ1) is 10.9. The lowest BCUT2D eigenvalue weighted by atomic mass is 9.92. The highest BCUT2D eigenvalue weighted by molar-refractivity contribution is 5.80. The van der Waals surface area contributed by atoms with Gasteiger partial charge in [-0.1, -0.05) is 25.7 Å². The molecule has 0 aromatic heterocycles. The van der Waals surface area contributed by atoms with Crippen LogP contribution in [0.25, 0.3) is 0 Å². The van der Waals surface area contributed by atoms with Gasteiger partial charge in [0.2, 0.25) is 5.91 Å². The molecule has 86 valence electrons. The number of nitrogens with one attached hydrogen (secondary N) is 1. The van der Waals surface area contributed by atoms with E-state index in [1.165, 1.54) is 25.7 Å². The quantitative estimate of drug-likeness (QED) is 0.739. The van der Waals surface area contributed by atoms with Gasteiger partial charge in [0.05, 0.1) is 6.10 Å². The molecule has 2 aliphatic rings. The largest absolute Gasteiger partial charge is 0.393 e. The molecule has 0 radical (unpaired) electrons. The van der Waals surface area contributed by atoms with Crippen molar-refractivity contribution in [2.24, 2.45) is 11.8 Å². The molecule has 2 N–H and O–H groups in total. The molecular weight excluding hydrogens is 190 g/mol. The third kappa shape index (κ3) is 2.94. The summed E-state index contributed by atoms with van der Waals surface area (Å²) in [5.74, 6) is 0.923. The third-order valence-electron chi connectivity index (χ3n) is 3.80. The molecule has 1 amide bonds. The van der Waals surface area contributed by atoms with Gasteiger partial charge < -0.3 is 10.4 Å². The molecule has 0 aromatic rings. The highest BCUT2D eigenvalue weighted by Crippen LogP contribution is 2.30. The van der Waals surface area contributed by atoms with Crippen LogP contribution >= 0.6 is 0 Å². The van der Waals surface area contributed by atoms with Crippen LogP contribution in [-0.4, -0.2) is 23.7 Å². The molecule has 2 atom stereocenters. The number of hydrogen-bond acceptors (Lipinski definition) is 2. The van der Waals surface area contributed by atoms with Gasteiger partial charge in [0.25, 0.3) is 0 Å². The molecule has 3 nitrogen and oxygen atoms in total. The summed E-state index contributed by atoms with van der Waals surface area (Å²) in [6.45, 7) is 0.791. The van der Waals surface area contributed by atoms with Crippen molar-refractivity contribution in [3.63, 3.8) is 0 Å². The van der Waals surface area contributed by atoms with Crippen LogP contribution in [0, 0.1) is 11.8 Å². The van der Waals surface area contributed by atoms with Gasteiger partial charge in [0, 0.05) is 12.5 Å². The minimum absolute atomic E-state index is 0.0707. The summed E-state index contributed by atoms with van der Waals surface area (Å²) in [6, 6.07) is 0. The Morgan fingerprint density at radius 1 is 1.27 bits per heavy atom. The third-order valence-corrected chi connectivity index (χ3v) is 3.80. The van der Waals surface area contributed by atoms with Crippen LogP contribution in [0.5, 0.6) is 0 Å². The van der Waals surface area contributed by atoms with Crippen molar-refractivity contribution in [1.82, 2.24) is 5.32 Å². The lowest BCUT2D eigenvalue weighted by molar-refractivity contribution is -0.123. The fourth-order valence-electron chi connectivity index (χ4n) is 2.93. The highest BCUT2D eigenvalue weighted by atomic mass is 16.3. The summed E-state index contributed by atoms with van der Waals surface area (Å²) < 4.78 is 0. The molecule has 2 rings (SSSR count). The van der Waals surface area contributed by atoms with E-state index < -0.39 is 0 Å². The average Bonchev–Trinajstić information content (AvgIpc) is 2.79. The van der Waals surface area contributed by atoms with E-state index in [9.17, 15) is 9.90 Å². The molecule has 0 spiro atoms. The first-order valence-electron chi connectivity index (χ1n) is 6.21. The zero-order valence-electron chi connectivity index (χ0n) is 9.24. The van der Waals surface area contributed by atoms with E-state index in [-0.39, 0.29) is 17.9 Å².